The van der Waals surface area contributed by atoms with Gasteiger partial charge in [-0.05, 0) is 36.4 Å². The Bertz CT molecular complexity index is 1040. The lowest BCUT2D eigenvalue weighted by atomic mass is 10.2. The molecule has 5 nitrogen and oxygen atoms in total. The molecule has 0 unspecified atom stereocenters. The molecule has 0 aliphatic rings. The maximum atomic E-state index is 12.8. The van der Waals surface area contributed by atoms with Gasteiger partial charge in [-0.1, -0.05) is 30.7 Å². The topological polar surface area (TPSA) is 69.0 Å². The molecule has 0 aliphatic carbocycles. The second kappa shape index (κ2) is 5.79. The van der Waals surface area contributed by atoms with Crippen LogP contribution in [0.4, 0.5) is 0 Å². The summed E-state index contributed by atoms with van der Waals surface area (Å²) in [6.45, 7) is 1.52. The first kappa shape index (κ1) is 15.7. The van der Waals surface area contributed by atoms with E-state index in [4.69, 9.17) is 11.6 Å². The van der Waals surface area contributed by atoms with Gasteiger partial charge < -0.3 is 0 Å². The molecule has 0 aliphatic heterocycles. The molecule has 0 saturated carbocycles. The van der Waals surface area contributed by atoms with E-state index < -0.39 is 15.4 Å². The SMILES string of the molecule is CCS(=O)(=O)c1nc2ccccc2c(=O)n1-c1ccc(Cl)cc1. The summed E-state index contributed by atoms with van der Waals surface area (Å²) in [5, 5.41) is 0.596. The summed E-state index contributed by atoms with van der Waals surface area (Å²) in [7, 11) is -3.68. The fraction of sp³-hybridized carbons (Fsp3) is 0.125. The minimum Gasteiger partial charge on any atom is -0.268 e. The lowest BCUT2D eigenvalue weighted by Crippen LogP contribution is -2.27. The number of sulfone groups is 1. The molecular formula is C16H13ClN2O3S. The second-order valence-corrected chi connectivity index (χ2v) is 7.54. The Balaban J connectivity index is 2.47. The van der Waals surface area contributed by atoms with Gasteiger partial charge in [0.2, 0.25) is 15.0 Å². The van der Waals surface area contributed by atoms with Crippen LogP contribution in [0.25, 0.3) is 16.6 Å². The van der Waals surface area contributed by atoms with Gasteiger partial charge in [-0.15, -0.1) is 0 Å². The van der Waals surface area contributed by atoms with E-state index in [1.54, 1.807) is 48.5 Å². The molecule has 0 bridgehead atoms. The highest BCUT2D eigenvalue weighted by Crippen LogP contribution is 2.19. The predicted molar refractivity (Wildman–Crippen MR) is 90.1 cm³/mol. The van der Waals surface area contributed by atoms with Crippen molar-refractivity contribution in [3.63, 3.8) is 0 Å². The van der Waals surface area contributed by atoms with Gasteiger partial charge in [-0.2, -0.15) is 0 Å². The van der Waals surface area contributed by atoms with E-state index in [1.165, 1.54) is 6.92 Å². The first-order valence-electron chi connectivity index (χ1n) is 6.94. The third-order valence-electron chi connectivity index (χ3n) is 3.49. The number of rotatable bonds is 3. The summed E-state index contributed by atoms with van der Waals surface area (Å²) >= 11 is 5.87. The van der Waals surface area contributed by atoms with Gasteiger partial charge in [0.25, 0.3) is 5.56 Å². The Morgan fingerprint density at radius 2 is 1.74 bits per heavy atom. The third kappa shape index (κ3) is 2.75. The van der Waals surface area contributed by atoms with Gasteiger partial charge in [-0.25, -0.2) is 13.4 Å². The van der Waals surface area contributed by atoms with Crippen molar-refractivity contribution in [2.24, 2.45) is 0 Å². The summed E-state index contributed by atoms with van der Waals surface area (Å²) in [4.78, 5) is 17.0. The zero-order valence-electron chi connectivity index (χ0n) is 12.2. The van der Waals surface area contributed by atoms with Crippen molar-refractivity contribution in [3.05, 3.63) is 63.9 Å². The maximum Gasteiger partial charge on any atom is 0.266 e. The normalized spacial score (nSPS) is 11.7. The van der Waals surface area contributed by atoms with Crippen LogP contribution in [0.5, 0.6) is 0 Å². The van der Waals surface area contributed by atoms with Gasteiger partial charge in [0.15, 0.2) is 0 Å². The standard InChI is InChI=1S/C16H13ClN2O3S/c1-2-23(21,22)16-18-14-6-4-3-5-13(14)15(20)19(16)12-9-7-11(17)8-10-12/h3-10H,2H2,1H3. The number of fused-ring (bicyclic) bond motifs is 1. The Labute approximate surface area is 138 Å². The van der Waals surface area contributed by atoms with Crippen LogP contribution in [0.2, 0.25) is 5.02 Å². The highest BCUT2D eigenvalue weighted by atomic mass is 35.5. The van der Waals surface area contributed by atoms with Gasteiger partial charge in [0.1, 0.15) is 0 Å². The summed E-state index contributed by atoms with van der Waals surface area (Å²) in [5.41, 5.74) is 0.337. The molecule has 118 valence electrons. The van der Waals surface area contributed by atoms with Crippen LogP contribution in [0.1, 0.15) is 6.92 Å². The number of para-hydroxylation sites is 1. The van der Waals surface area contributed by atoms with Crippen molar-refractivity contribution in [1.29, 1.82) is 0 Å². The average Bonchev–Trinajstić information content (AvgIpc) is 2.56. The molecule has 0 N–H and O–H groups in total. The molecule has 0 atom stereocenters. The number of halogens is 1. The molecular weight excluding hydrogens is 336 g/mol. The monoisotopic (exact) mass is 348 g/mol. The van der Waals surface area contributed by atoms with Crippen molar-refractivity contribution in [2.75, 3.05) is 5.75 Å². The molecule has 1 aromatic heterocycles. The van der Waals surface area contributed by atoms with E-state index in [1.807, 2.05) is 0 Å². The third-order valence-corrected chi connectivity index (χ3v) is 5.33. The Morgan fingerprint density at radius 1 is 1.09 bits per heavy atom. The minimum absolute atomic E-state index is 0.147. The fourth-order valence-corrected chi connectivity index (χ4v) is 3.36. The van der Waals surface area contributed by atoms with Crippen LogP contribution >= 0.6 is 11.6 Å². The smallest absolute Gasteiger partial charge is 0.266 e. The van der Waals surface area contributed by atoms with E-state index in [0.29, 0.717) is 21.6 Å². The maximum absolute atomic E-state index is 12.8. The summed E-state index contributed by atoms with van der Waals surface area (Å²) in [6.07, 6.45) is 0. The summed E-state index contributed by atoms with van der Waals surface area (Å²) < 4.78 is 25.9. The van der Waals surface area contributed by atoms with Crippen molar-refractivity contribution in [2.45, 2.75) is 12.1 Å². The van der Waals surface area contributed by atoms with Gasteiger partial charge >= 0.3 is 0 Å². The molecule has 1 heterocycles. The van der Waals surface area contributed by atoms with Crippen molar-refractivity contribution >= 4 is 32.3 Å². The van der Waals surface area contributed by atoms with E-state index in [9.17, 15) is 13.2 Å². The number of hydrogen-bond acceptors (Lipinski definition) is 4. The van der Waals surface area contributed by atoms with E-state index >= 15 is 0 Å². The zero-order valence-corrected chi connectivity index (χ0v) is 13.8. The second-order valence-electron chi connectivity index (χ2n) is 4.93. The zero-order chi connectivity index (χ0) is 16.6. The minimum atomic E-state index is -3.68. The number of aromatic nitrogens is 2. The molecule has 0 spiro atoms. The van der Waals surface area contributed by atoms with Crippen molar-refractivity contribution < 1.29 is 8.42 Å². The molecule has 23 heavy (non-hydrogen) atoms. The van der Waals surface area contributed by atoms with E-state index in [2.05, 4.69) is 4.98 Å². The molecule has 0 saturated heterocycles. The van der Waals surface area contributed by atoms with Crippen LogP contribution in [-0.4, -0.2) is 23.7 Å². The molecule has 3 rings (SSSR count). The first-order valence-corrected chi connectivity index (χ1v) is 8.97. The van der Waals surface area contributed by atoms with Crippen molar-refractivity contribution in [3.8, 4) is 5.69 Å². The summed E-state index contributed by atoms with van der Waals surface area (Å²) in [5.74, 6) is -0.147. The van der Waals surface area contributed by atoms with Crippen LogP contribution in [0, 0.1) is 0 Å². The van der Waals surface area contributed by atoms with E-state index in [-0.39, 0.29) is 10.9 Å². The fourth-order valence-electron chi connectivity index (χ4n) is 2.27. The first-order chi connectivity index (χ1) is 10.9. The number of hydrogen-bond donors (Lipinski definition) is 0. The lowest BCUT2D eigenvalue weighted by Gasteiger charge is -2.13. The van der Waals surface area contributed by atoms with Crippen LogP contribution in [0.15, 0.2) is 58.5 Å². The Morgan fingerprint density at radius 3 is 2.39 bits per heavy atom. The van der Waals surface area contributed by atoms with Gasteiger partial charge in [0, 0.05) is 5.02 Å². The van der Waals surface area contributed by atoms with Crippen LogP contribution in [0.3, 0.4) is 0 Å². The van der Waals surface area contributed by atoms with Gasteiger partial charge in [0.05, 0.1) is 22.3 Å². The highest BCUT2D eigenvalue weighted by Gasteiger charge is 2.22. The lowest BCUT2D eigenvalue weighted by molar-refractivity contribution is 0.582. The predicted octanol–water partition coefficient (Wildman–Crippen LogP) is 2.83. The largest absolute Gasteiger partial charge is 0.268 e. The van der Waals surface area contributed by atoms with Gasteiger partial charge in [-0.3, -0.25) is 9.36 Å². The molecule has 3 aromatic rings. The highest BCUT2D eigenvalue weighted by molar-refractivity contribution is 7.91. The Hall–Kier alpha value is -2.18. The average molecular weight is 349 g/mol. The summed E-state index contributed by atoms with van der Waals surface area (Å²) in [6, 6.07) is 13.1. The van der Waals surface area contributed by atoms with E-state index in [0.717, 1.165) is 4.57 Å². The van der Waals surface area contributed by atoms with Crippen molar-refractivity contribution in [1.82, 2.24) is 9.55 Å². The Kier molecular flexibility index (Phi) is 3.95. The van der Waals surface area contributed by atoms with Crippen LogP contribution < -0.4 is 5.56 Å². The molecule has 7 heteroatoms. The molecule has 2 aromatic carbocycles. The number of benzene rings is 2. The molecule has 0 fully saturated rings. The van der Waals surface area contributed by atoms with Crippen LogP contribution in [-0.2, 0) is 9.84 Å². The quantitative estimate of drug-likeness (QED) is 0.682. The molecule has 0 radical (unpaired) electrons. The number of nitrogens with zero attached hydrogens (tertiary/aromatic N) is 2. The molecule has 0 amide bonds.